The Bertz CT molecular complexity index is 479. The van der Waals surface area contributed by atoms with Gasteiger partial charge in [0.15, 0.2) is 6.54 Å². The fraction of sp³-hybridized carbons (Fsp3) is 0.429. The molecule has 0 fully saturated rings. The number of nitrogens with zero attached hydrogens (tertiary/aromatic N) is 1. The zero-order valence-electron chi connectivity index (χ0n) is 12.1. The van der Waals surface area contributed by atoms with Crippen LogP contribution in [0.1, 0.15) is 5.56 Å². The van der Waals surface area contributed by atoms with E-state index in [4.69, 9.17) is 11.6 Å². The summed E-state index contributed by atoms with van der Waals surface area (Å²) in [7, 11) is 5.12. The van der Waals surface area contributed by atoms with Crippen LogP contribution in [-0.4, -0.2) is 50.9 Å². The number of likely N-dealkylation sites (N-methyl/N-ethyl adjacent to an activating group) is 3. The first kappa shape index (κ1) is 16.5. The fourth-order valence-electron chi connectivity index (χ4n) is 1.83. The molecule has 1 aromatic carbocycles. The predicted octanol–water partition coefficient (Wildman–Crippen LogP) is -0.441. The van der Waals surface area contributed by atoms with Crippen molar-refractivity contribution < 1.29 is 14.5 Å². The highest BCUT2D eigenvalue weighted by atomic mass is 35.5. The van der Waals surface area contributed by atoms with Crippen LogP contribution < -0.4 is 10.2 Å². The van der Waals surface area contributed by atoms with Gasteiger partial charge in [-0.25, -0.2) is 0 Å². The van der Waals surface area contributed by atoms with Crippen LogP contribution >= 0.6 is 11.6 Å². The summed E-state index contributed by atoms with van der Waals surface area (Å²) in [6, 6.07) is 7.59. The molecule has 110 valence electrons. The average Bonchev–Trinajstić information content (AvgIpc) is 2.38. The van der Waals surface area contributed by atoms with Gasteiger partial charge < -0.3 is 15.1 Å². The second-order valence-corrected chi connectivity index (χ2v) is 5.30. The third-order valence-electron chi connectivity index (χ3n) is 2.93. The molecule has 0 aliphatic carbocycles. The average molecular weight is 299 g/mol. The number of hydrogen-bond acceptors (Lipinski definition) is 2. The number of rotatable bonds is 6. The van der Waals surface area contributed by atoms with E-state index in [-0.39, 0.29) is 18.4 Å². The first-order chi connectivity index (χ1) is 9.42. The predicted molar refractivity (Wildman–Crippen MR) is 78.6 cm³/mol. The lowest BCUT2D eigenvalue weighted by molar-refractivity contribution is -0.885. The summed E-state index contributed by atoms with van der Waals surface area (Å²) in [5.41, 5.74) is 1.08. The molecular formula is C14H21ClN3O2+. The van der Waals surface area contributed by atoms with Gasteiger partial charge in [0, 0.05) is 24.7 Å². The minimum atomic E-state index is -0.173. The van der Waals surface area contributed by atoms with Gasteiger partial charge in [-0.2, -0.15) is 0 Å². The van der Waals surface area contributed by atoms with E-state index in [2.05, 4.69) is 5.32 Å². The van der Waals surface area contributed by atoms with Gasteiger partial charge >= 0.3 is 0 Å². The molecule has 0 spiro atoms. The van der Waals surface area contributed by atoms with Crippen molar-refractivity contribution in [3.8, 4) is 0 Å². The Morgan fingerprint density at radius 1 is 1.40 bits per heavy atom. The maximum Gasteiger partial charge on any atom is 0.277 e. The lowest BCUT2D eigenvalue weighted by Gasteiger charge is -2.19. The minimum absolute atomic E-state index is 0.0619. The van der Waals surface area contributed by atoms with E-state index in [0.717, 1.165) is 10.5 Å². The first-order valence-corrected chi connectivity index (χ1v) is 6.80. The number of benzene rings is 1. The van der Waals surface area contributed by atoms with Crippen molar-refractivity contribution in [2.24, 2.45) is 0 Å². The van der Waals surface area contributed by atoms with Crippen molar-refractivity contribution in [2.45, 2.75) is 6.54 Å². The summed E-state index contributed by atoms with van der Waals surface area (Å²) < 4.78 is 0. The highest BCUT2D eigenvalue weighted by Gasteiger charge is 2.16. The molecule has 0 radical (unpaired) electrons. The second-order valence-electron chi connectivity index (χ2n) is 4.86. The van der Waals surface area contributed by atoms with Crippen LogP contribution in [0.4, 0.5) is 0 Å². The van der Waals surface area contributed by atoms with Crippen molar-refractivity contribution in [1.82, 2.24) is 10.2 Å². The van der Waals surface area contributed by atoms with Gasteiger partial charge in [-0.1, -0.05) is 23.7 Å². The molecule has 0 bridgehead atoms. The molecule has 1 atom stereocenters. The molecule has 0 heterocycles. The molecule has 2 amide bonds. The number of carbonyl (C=O) groups is 2. The van der Waals surface area contributed by atoms with E-state index >= 15 is 0 Å². The van der Waals surface area contributed by atoms with Gasteiger partial charge in [-0.05, 0) is 12.1 Å². The standard InChI is InChI=1S/C14H20ClN3O2/c1-16-13(19)9-18(3)14(20)10-17(2)8-11-5-4-6-12(15)7-11/h4-7H,8-10H2,1-3H3,(H,16,19)/p+1. The highest BCUT2D eigenvalue weighted by molar-refractivity contribution is 6.30. The van der Waals surface area contributed by atoms with E-state index in [1.54, 1.807) is 14.1 Å². The Balaban J connectivity index is 2.47. The minimum Gasteiger partial charge on any atom is -0.358 e. The summed E-state index contributed by atoms with van der Waals surface area (Å²) >= 11 is 5.93. The number of amides is 2. The van der Waals surface area contributed by atoms with E-state index in [0.29, 0.717) is 18.1 Å². The molecule has 20 heavy (non-hydrogen) atoms. The van der Waals surface area contributed by atoms with Gasteiger partial charge in [-0.3, -0.25) is 9.59 Å². The van der Waals surface area contributed by atoms with Crippen molar-refractivity contribution in [3.05, 3.63) is 34.9 Å². The number of nitrogens with one attached hydrogen (secondary N) is 2. The smallest absolute Gasteiger partial charge is 0.277 e. The third-order valence-corrected chi connectivity index (χ3v) is 3.17. The molecule has 0 aliphatic rings. The first-order valence-electron chi connectivity index (χ1n) is 6.42. The topological polar surface area (TPSA) is 53.9 Å². The monoisotopic (exact) mass is 298 g/mol. The van der Waals surface area contributed by atoms with Gasteiger partial charge in [0.25, 0.3) is 5.91 Å². The Labute approximate surface area is 124 Å². The van der Waals surface area contributed by atoms with E-state index < -0.39 is 0 Å². The van der Waals surface area contributed by atoms with Crippen LogP contribution in [-0.2, 0) is 16.1 Å². The van der Waals surface area contributed by atoms with Crippen LogP contribution in [0.2, 0.25) is 5.02 Å². The molecule has 0 saturated carbocycles. The summed E-state index contributed by atoms with van der Waals surface area (Å²) in [6.45, 7) is 1.12. The molecule has 5 nitrogen and oxygen atoms in total. The van der Waals surface area contributed by atoms with Crippen LogP contribution in [0.15, 0.2) is 24.3 Å². The maximum atomic E-state index is 12.0. The maximum absolute atomic E-state index is 12.0. The zero-order valence-corrected chi connectivity index (χ0v) is 12.8. The molecule has 0 aromatic heterocycles. The Morgan fingerprint density at radius 3 is 2.70 bits per heavy atom. The number of hydrogen-bond donors (Lipinski definition) is 2. The van der Waals surface area contributed by atoms with E-state index in [1.807, 2.05) is 31.3 Å². The molecule has 1 unspecified atom stereocenters. The van der Waals surface area contributed by atoms with E-state index in [9.17, 15) is 9.59 Å². The molecular weight excluding hydrogens is 278 g/mol. The van der Waals surface area contributed by atoms with Gasteiger partial charge in [0.2, 0.25) is 5.91 Å². The molecule has 1 rings (SSSR count). The normalized spacial score (nSPS) is 11.8. The van der Waals surface area contributed by atoms with Crippen LogP contribution in [0.3, 0.4) is 0 Å². The third kappa shape index (κ3) is 5.59. The molecule has 6 heteroatoms. The molecule has 1 aromatic rings. The summed E-state index contributed by atoms with van der Waals surface area (Å²) in [5.74, 6) is -0.235. The van der Waals surface area contributed by atoms with E-state index in [1.165, 1.54) is 4.90 Å². The van der Waals surface area contributed by atoms with Crippen molar-refractivity contribution in [1.29, 1.82) is 0 Å². The highest BCUT2D eigenvalue weighted by Crippen LogP contribution is 2.09. The molecule has 0 aliphatic heterocycles. The van der Waals surface area contributed by atoms with Crippen LogP contribution in [0.5, 0.6) is 0 Å². The van der Waals surface area contributed by atoms with Crippen LogP contribution in [0, 0.1) is 0 Å². The molecule has 2 N–H and O–H groups in total. The van der Waals surface area contributed by atoms with Crippen molar-refractivity contribution in [3.63, 3.8) is 0 Å². The lowest BCUT2D eigenvalue weighted by Crippen LogP contribution is -3.08. The summed E-state index contributed by atoms with van der Waals surface area (Å²) in [6.07, 6.45) is 0. The Kier molecular flexibility index (Phi) is 6.48. The lowest BCUT2D eigenvalue weighted by atomic mass is 10.2. The van der Waals surface area contributed by atoms with Crippen molar-refractivity contribution >= 4 is 23.4 Å². The number of quaternary nitrogens is 1. The van der Waals surface area contributed by atoms with Gasteiger partial charge in [0.1, 0.15) is 6.54 Å². The van der Waals surface area contributed by atoms with Crippen molar-refractivity contribution in [2.75, 3.05) is 34.2 Å². The summed E-state index contributed by atoms with van der Waals surface area (Å²) in [4.78, 5) is 25.6. The largest absolute Gasteiger partial charge is 0.358 e. The van der Waals surface area contributed by atoms with Gasteiger partial charge in [0.05, 0.1) is 13.6 Å². The zero-order chi connectivity index (χ0) is 15.1. The fourth-order valence-corrected chi connectivity index (χ4v) is 2.05. The Hall–Kier alpha value is -1.59. The quantitative estimate of drug-likeness (QED) is 0.748. The SMILES string of the molecule is CNC(=O)CN(C)C(=O)C[NH+](C)Cc1cccc(Cl)c1. The number of carbonyl (C=O) groups excluding carboxylic acids is 2. The summed E-state index contributed by atoms with van der Waals surface area (Å²) in [5, 5.41) is 3.19. The van der Waals surface area contributed by atoms with Gasteiger partial charge in [-0.15, -0.1) is 0 Å². The number of halogens is 1. The second kappa shape index (κ2) is 7.87. The molecule has 0 saturated heterocycles. The Morgan fingerprint density at radius 2 is 2.10 bits per heavy atom. The van der Waals surface area contributed by atoms with Crippen LogP contribution in [0.25, 0.3) is 0 Å².